The highest BCUT2D eigenvalue weighted by atomic mass is 32.2. The Hall–Kier alpha value is -5.22. The van der Waals surface area contributed by atoms with Crippen molar-refractivity contribution in [2.24, 2.45) is 0 Å². The van der Waals surface area contributed by atoms with Crippen molar-refractivity contribution >= 4 is 46.9 Å². The SMILES string of the molecule is CCCCOc1ccc(NC(=O)C(CC)Sc2cccc(NC(=O)/C(=C\c3ccc(O)cc3OC)NC(=O)c3ccccc3)c2)cc1. The molecule has 0 aliphatic carbocycles. The lowest BCUT2D eigenvalue weighted by Crippen LogP contribution is -2.30. The first-order valence-electron chi connectivity index (χ1n) is 15.4. The van der Waals surface area contributed by atoms with Gasteiger partial charge in [-0.05, 0) is 85.6 Å². The number of anilines is 2. The number of phenols is 1. The number of phenolic OH excluding ortho intramolecular Hbond substituents is 1. The predicted octanol–water partition coefficient (Wildman–Crippen LogP) is 7.50. The van der Waals surface area contributed by atoms with Crippen LogP contribution < -0.4 is 25.4 Å². The molecule has 0 aliphatic heterocycles. The van der Waals surface area contributed by atoms with Crippen LogP contribution in [0.2, 0.25) is 0 Å². The van der Waals surface area contributed by atoms with Gasteiger partial charge in [-0.1, -0.05) is 44.5 Å². The van der Waals surface area contributed by atoms with Crippen molar-refractivity contribution in [3.63, 3.8) is 0 Å². The Morgan fingerprint density at radius 3 is 2.34 bits per heavy atom. The van der Waals surface area contributed by atoms with Gasteiger partial charge in [0.1, 0.15) is 22.9 Å². The van der Waals surface area contributed by atoms with Crippen LogP contribution in [-0.4, -0.2) is 41.8 Å². The molecule has 0 saturated carbocycles. The Balaban J connectivity index is 1.47. The number of carbonyl (C=O) groups excluding carboxylic acids is 3. The summed E-state index contributed by atoms with van der Waals surface area (Å²) >= 11 is 1.39. The van der Waals surface area contributed by atoms with E-state index in [9.17, 15) is 19.5 Å². The van der Waals surface area contributed by atoms with E-state index in [-0.39, 0.29) is 22.6 Å². The normalized spacial score (nSPS) is 11.7. The Bertz CT molecular complexity index is 1690. The molecule has 4 aromatic rings. The summed E-state index contributed by atoms with van der Waals surface area (Å²) in [5, 5.41) is 18.0. The van der Waals surface area contributed by atoms with Gasteiger partial charge in [-0.3, -0.25) is 14.4 Å². The second kappa shape index (κ2) is 17.5. The predicted molar refractivity (Wildman–Crippen MR) is 187 cm³/mol. The number of hydrogen-bond acceptors (Lipinski definition) is 7. The van der Waals surface area contributed by atoms with E-state index in [2.05, 4.69) is 22.9 Å². The molecule has 4 rings (SSSR count). The van der Waals surface area contributed by atoms with Crippen molar-refractivity contribution in [2.45, 2.75) is 43.3 Å². The molecule has 0 saturated heterocycles. The molecule has 1 atom stereocenters. The van der Waals surface area contributed by atoms with Gasteiger partial charge in [-0.15, -0.1) is 11.8 Å². The highest BCUT2D eigenvalue weighted by Gasteiger charge is 2.20. The fraction of sp³-hybridized carbons (Fsp3) is 0.216. The molecule has 0 fully saturated rings. The maximum Gasteiger partial charge on any atom is 0.272 e. The molecule has 0 bridgehead atoms. The maximum atomic E-state index is 13.6. The van der Waals surface area contributed by atoms with E-state index in [1.165, 1.54) is 37.1 Å². The molecule has 1 unspecified atom stereocenters. The van der Waals surface area contributed by atoms with Gasteiger partial charge in [-0.2, -0.15) is 0 Å². The van der Waals surface area contributed by atoms with Gasteiger partial charge in [0.05, 0.1) is 19.0 Å². The van der Waals surface area contributed by atoms with Gasteiger partial charge in [-0.25, -0.2) is 0 Å². The van der Waals surface area contributed by atoms with E-state index in [1.807, 2.05) is 37.3 Å². The van der Waals surface area contributed by atoms with Crippen molar-refractivity contribution in [1.29, 1.82) is 0 Å². The Morgan fingerprint density at radius 2 is 1.64 bits per heavy atom. The van der Waals surface area contributed by atoms with Crippen LogP contribution in [0.3, 0.4) is 0 Å². The minimum atomic E-state index is -0.571. The zero-order valence-corrected chi connectivity index (χ0v) is 27.4. The van der Waals surface area contributed by atoms with Crippen molar-refractivity contribution in [1.82, 2.24) is 5.32 Å². The van der Waals surface area contributed by atoms with Gasteiger partial charge in [0.25, 0.3) is 11.8 Å². The van der Waals surface area contributed by atoms with Crippen molar-refractivity contribution < 1.29 is 29.0 Å². The smallest absolute Gasteiger partial charge is 0.272 e. The molecule has 3 amide bonds. The zero-order chi connectivity index (χ0) is 33.6. The van der Waals surface area contributed by atoms with E-state index in [4.69, 9.17) is 9.47 Å². The van der Waals surface area contributed by atoms with Crippen LogP contribution >= 0.6 is 11.8 Å². The number of methoxy groups -OCH3 is 1. The van der Waals surface area contributed by atoms with E-state index in [0.717, 1.165) is 23.5 Å². The zero-order valence-electron chi connectivity index (χ0n) is 26.6. The first kappa shape index (κ1) is 34.6. The van der Waals surface area contributed by atoms with E-state index in [1.54, 1.807) is 54.6 Å². The number of hydrogen-bond donors (Lipinski definition) is 4. The highest BCUT2D eigenvalue weighted by Crippen LogP contribution is 2.30. The monoisotopic (exact) mass is 653 g/mol. The Labute approximate surface area is 279 Å². The van der Waals surface area contributed by atoms with Crippen molar-refractivity contribution in [2.75, 3.05) is 24.4 Å². The number of rotatable bonds is 15. The largest absolute Gasteiger partial charge is 0.508 e. The summed E-state index contributed by atoms with van der Waals surface area (Å²) in [7, 11) is 1.45. The highest BCUT2D eigenvalue weighted by molar-refractivity contribution is 8.00. The number of nitrogens with one attached hydrogen (secondary N) is 3. The van der Waals surface area contributed by atoms with Gasteiger partial charge in [0.15, 0.2) is 0 Å². The summed E-state index contributed by atoms with van der Waals surface area (Å²) in [6, 6.07) is 27.5. The topological polar surface area (TPSA) is 126 Å². The average Bonchev–Trinajstić information content (AvgIpc) is 3.08. The number of benzene rings is 4. The minimum Gasteiger partial charge on any atom is -0.508 e. The third-order valence-electron chi connectivity index (χ3n) is 6.97. The lowest BCUT2D eigenvalue weighted by atomic mass is 10.1. The number of carbonyl (C=O) groups is 3. The second-order valence-corrected chi connectivity index (χ2v) is 11.8. The molecule has 0 radical (unpaired) electrons. The van der Waals surface area contributed by atoms with Gasteiger partial charge in [0, 0.05) is 33.5 Å². The molecule has 0 aromatic heterocycles. The van der Waals surface area contributed by atoms with E-state index in [0.29, 0.717) is 41.3 Å². The van der Waals surface area contributed by atoms with Crippen molar-refractivity contribution in [3.05, 3.63) is 114 Å². The molecule has 0 heterocycles. The summed E-state index contributed by atoms with van der Waals surface area (Å²) in [4.78, 5) is 40.6. The van der Waals surface area contributed by atoms with Crippen LogP contribution in [0.4, 0.5) is 11.4 Å². The maximum absolute atomic E-state index is 13.6. The number of ether oxygens (including phenoxy) is 2. The third kappa shape index (κ3) is 10.4. The lowest BCUT2D eigenvalue weighted by molar-refractivity contribution is -0.116. The van der Waals surface area contributed by atoms with Crippen LogP contribution in [0.25, 0.3) is 6.08 Å². The molecular formula is C37H39N3O6S. The summed E-state index contributed by atoms with van der Waals surface area (Å²) in [6.07, 6.45) is 4.10. The molecule has 10 heteroatoms. The fourth-order valence-corrected chi connectivity index (χ4v) is 5.45. The third-order valence-corrected chi connectivity index (χ3v) is 8.33. The van der Waals surface area contributed by atoms with Gasteiger partial charge < -0.3 is 30.5 Å². The van der Waals surface area contributed by atoms with Crippen LogP contribution in [-0.2, 0) is 9.59 Å². The summed E-state index contributed by atoms with van der Waals surface area (Å²) in [5.41, 5.74) is 1.98. The lowest BCUT2D eigenvalue weighted by Gasteiger charge is -2.16. The minimum absolute atomic E-state index is 0.00277. The van der Waals surface area contributed by atoms with Crippen LogP contribution in [0.5, 0.6) is 17.2 Å². The Kier molecular flexibility index (Phi) is 12.9. The number of aromatic hydroxyl groups is 1. The van der Waals surface area contributed by atoms with E-state index >= 15 is 0 Å². The molecule has 4 aromatic carbocycles. The quantitative estimate of drug-likeness (QED) is 0.0595. The number of thioether (sulfide) groups is 1. The average molecular weight is 654 g/mol. The molecule has 244 valence electrons. The van der Waals surface area contributed by atoms with Crippen LogP contribution in [0.15, 0.2) is 108 Å². The van der Waals surface area contributed by atoms with Gasteiger partial charge in [0.2, 0.25) is 5.91 Å². The molecular weight excluding hydrogens is 614 g/mol. The molecule has 9 nitrogen and oxygen atoms in total. The van der Waals surface area contributed by atoms with Crippen LogP contribution in [0.1, 0.15) is 49.0 Å². The van der Waals surface area contributed by atoms with Crippen molar-refractivity contribution in [3.8, 4) is 17.2 Å². The molecule has 0 aliphatic rings. The Morgan fingerprint density at radius 1 is 0.872 bits per heavy atom. The second-order valence-electron chi connectivity index (χ2n) is 10.5. The first-order valence-corrected chi connectivity index (χ1v) is 16.2. The molecule has 47 heavy (non-hydrogen) atoms. The fourth-order valence-electron chi connectivity index (χ4n) is 4.44. The molecule has 4 N–H and O–H groups in total. The summed E-state index contributed by atoms with van der Waals surface area (Å²) in [5.74, 6) is -0.0948. The number of unbranched alkanes of at least 4 members (excludes halogenated alkanes) is 1. The summed E-state index contributed by atoms with van der Waals surface area (Å²) < 4.78 is 11.1. The number of amides is 3. The molecule has 0 spiro atoms. The van der Waals surface area contributed by atoms with Crippen LogP contribution in [0, 0.1) is 0 Å². The first-order chi connectivity index (χ1) is 22.8. The van der Waals surface area contributed by atoms with E-state index < -0.39 is 11.8 Å². The standard InChI is InChI=1S/C37H39N3O6S/c1-4-6-21-46-30-19-16-27(17-20-30)38-37(44)34(5-2)47-31-14-10-13-28(23-31)39-36(43)32(40-35(42)25-11-8-7-9-12-25)22-26-15-18-29(41)24-33(26)45-3/h7-20,22-24,34,41H,4-6,21H2,1-3H3,(H,38,44)(H,39,43)(H,40,42)/b32-22+. The summed E-state index contributed by atoms with van der Waals surface area (Å²) in [6.45, 7) is 4.71. The van der Waals surface area contributed by atoms with Gasteiger partial charge >= 0.3 is 0 Å².